The zero-order valence-electron chi connectivity index (χ0n) is 14.2. The van der Waals surface area contributed by atoms with Crippen LogP contribution in [0.3, 0.4) is 0 Å². The number of nitrogens with two attached hydrogens (primary N) is 2. The summed E-state index contributed by atoms with van der Waals surface area (Å²) < 4.78 is 0. The number of fused-ring (bicyclic) bond motifs is 2. The van der Waals surface area contributed by atoms with E-state index < -0.39 is 23.7 Å². The van der Waals surface area contributed by atoms with Crippen molar-refractivity contribution >= 4 is 23.6 Å². The molecule has 1 aromatic carbocycles. The first-order valence-corrected chi connectivity index (χ1v) is 8.63. The highest BCUT2D eigenvalue weighted by Crippen LogP contribution is 2.52. The Balaban J connectivity index is 1.84. The van der Waals surface area contributed by atoms with Crippen LogP contribution < -0.4 is 11.5 Å². The van der Waals surface area contributed by atoms with Crippen LogP contribution in [0.25, 0.3) is 0 Å². The molecule has 0 bridgehead atoms. The van der Waals surface area contributed by atoms with Crippen LogP contribution in [0.1, 0.15) is 41.1 Å². The number of carbonyl (C=O) groups excluding carboxylic acids is 4. The monoisotopic (exact) mass is 356 g/mol. The van der Waals surface area contributed by atoms with Crippen molar-refractivity contribution in [3.05, 3.63) is 35.4 Å². The van der Waals surface area contributed by atoms with Crippen LogP contribution in [0.4, 0.5) is 0 Å². The number of primary amides is 2. The predicted molar refractivity (Wildman–Crippen MR) is 90.1 cm³/mol. The zero-order valence-corrected chi connectivity index (χ0v) is 14.2. The van der Waals surface area contributed by atoms with E-state index in [2.05, 4.69) is 0 Å². The summed E-state index contributed by atoms with van der Waals surface area (Å²) in [5.41, 5.74) is 11.5. The molecule has 2 aliphatic heterocycles. The van der Waals surface area contributed by atoms with Gasteiger partial charge in [0.15, 0.2) is 0 Å². The van der Waals surface area contributed by atoms with E-state index in [0.29, 0.717) is 24.2 Å². The fraction of sp³-hybridized carbons (Fsp3) is 0.444. The number of hydrogen-bond donors (Lipinski definition) is 2. The van der Waals surface area contributed by atoms with E-state index in [0.717, 1.165) is 12.8 Å². The van der Waals surface area contributed by atoms with Crippen molar-refractivity contribution in [2.24, 2.45) is 22.8 Å². The van der Waals surface area contributed by atoms with Gasteiger partial charge in [0.05, 0.1) is 24.9 Å². The molecule has 2 heterocycles. The first kappa shape index (κ1) is 16.6. The van der Waals surface area contributed by atoms with Gasteiger partial charge in [0.1, 0.15) is 0 Å². The molecule has 8 nitrogen and oxygen atoms in total. The van der Waals surface area contributed by atoms with Crippen molar-refractivity contribution in [1.29, 1.82) is 0 Å². The number of amides is 4. The van der Waals surface area contributed by atoms with Gasteiger partial charge in [-0.2, -0.15) is 0 Å². The molecule has 136 valence electrons. The summed E-state index contributed by atoms with van der Waals surface area (Å²) in [6.07, 6.45) is 1.59. The minimum Gasteiger partial charge on any atom is -0.370 e. The molecule has 2 fully saturated rings. The van der Waals surface area contributed by atoms with Gasteiger partial charge >= 0.3 is 0 Å². The van der Waals surface area contributed by atoms with Crippen LogP contribution in [0, 0.1) is 11.3 Å². The summed E-state index contributed by atoms with van der Waals surface area (Å²) in [4.78, 5) is 50.0. The summed E-state index contributed by atoms with van der Waals surface area (Å²) in [6.45, 7) is 0.944. The van der Waals surface area contributed by atoms with Crippen molar-refractivity contribution in [3.8, 4) is 0 Å². The number of nitrogens with zero attached hydrogens (tertiary/aromatic N) is 2. The van der Waals surface area contributed by atoms with Gasteiger partial charge in [0.2, 0.25) is 17.7 Å². The molecule has 1 spiro atoms. The quantitative estimate of drug-likeness (QED) is 0.770. The Morgan fingerprint density at radius 3 is 2.38 bits per heavy atom. The van der Waals surface area contributed by atoms with Crippen molar-refractivity contribution < 1.29 is 19.2 Å². The van der Waals surface area contributed by atoms with Crippen LogP contribution in [0.15, 0.2) is 24.3 Å². The second kappa shape index (κ2) is 5.55. The molecule has 1 unspecified atom stereocenters. The highest BCUT2D eigenvalue weighted by atomic mass is 16.2. The summed E-state index contributed by atoms with van der Waals surface area (Å²) in [6, 6.07) is 6.69. The standard InChI is InChI=1S/C18H20N4O4/c19-13(23)7-12(15(20)24)14-10-3-1-2-4-11(10)16(25)21-8-18(5-6-18)9-22(21)17(14)26/h1-4,12,14H,5-9H2,(H2,19,23)(H2,20,24)/t12?,14-/m1/s1. The van der Waals surface area contributed by atoms with E-state index in [4.69, 9.17) is 11.5 Å². The smallest absolute Gasteiger partial charge is 0.272 e. The van der Waals surface area contributed by atoms with E-state index in [1.807, 2.05) is 0 Å². The molecule has 4 rings (SSSR count). The van der Waals surface area contributed by atoms with E-state index in [9.17, 15) is 19.2 Å². The maximum Gasteiger partial charge on any atom is 0.272 e. The lowest BCUT2D eigenvalue weighted by molar-refractivity contribution is -0.145. The molecule has 1 saturated heterocycles. The van der Waals surface area contributed by atoms with E-state index in [1.165, 1.54) is 10.0 Å². The van der Waals surface area contributed by atoms with Crippen LogP contribution in [0.5, 0.6) is 0 Å². The van der Waals surface area contributed by atoms with Gasteiger partial charge in [-0.05, 0) is 24.5 Å². The molecule has 3 aliphatic rings. The van der Waals surface area contributed by atoms with E-state index in [-0.39, 0.29) is 23.7 Å². The molecule has 26 heavy (non-hydrogen) atoms. The first-order chi connectivity index (χ1) is 12.3. The lowest BCUT2D eigenvalue weighted by Gasteiger charge is -2.29. The summed E-state index contributed by atoms with van der Waals surface area (Å²) >= 11 is 0. The number of hydrazine groups is 1. The average molecular weight is 356 g/mol. The highest BCUT2D eigenvalue weighted by molar-refractivity contribution is 6.03. The van der Waals surface area contributed by atoms with Gasteiger partial charge in [-0.25, -0.2) is 5.01 Å². The minimum absolute atomic E-state index is 0.0337. The first-order valence-electron chi connectivity index (χ1n) is 8.63. The predicted octanol–water partition coefficient (Wildman–Crippen LogP) is -0.260. The van der Waals surface area contributed by atoms with Crippen molar-refractivity contribution in [2.45, 2.75) is 25.2 Å². The van der Waals surface area contributed by atoms with Crippen LogP contribution in [-0.4, -0.2) is 46.7 Å². The summed E-state index contributed by atoms with van der Waals surface area (Å²) in [7, 11) is 0. The number of hydrogen-bond acceptors (Lipinski definition) is 4. The second-order valence-electron chi connectivity index (χ2n) is 7.50. The van der Waals surface area contributed by atoms with Gasteiger partial charge in [-0.1, -0.05) is 18.2 Å². The van der Waals surface area contributed by atoms with Crippen molar-refractivity contribution in [3.63, 3.8) is 0 Å². The Labute approximate surface area is 150 Å². The summed E-state index contributed by atoms with van der Waals surface area (Å²) in [5.74, 6) is -4.23. The average Bonchev–Trinajstić information content (AvgIpc) is 3.24. The fourth-order valence-electron chi connectivity index (χ4n) is 4.11. The van der Waals surface area contributed by atoms with Gasteiger partial charge < -0.3 is 11.5 Å². The maximum atomic E-state index is 13.4. The third-order valence-electron chi connectivity index (χ3n) is 5.69. The largest absolute Gasteiger partial charge is 0.370 e. The lowest BCUT2D eigenvalue weighted by Crippen LogP contribution is -2.46. The second-order valence-corrected chi connectivity index (χ2v) is 7.50. The van der Waals surface area contributed by atoms with Crippen LogP contribution in [-0.2, 0) is 14.4 Å². The Hall–Kier alpha value is -2.90. The van der Waals surface area contributed by atoms with Crippen molar-refractivity contribution in [2.75, 3.05) is 13.1 Å². The molecule has 8 heteroatoms. The number of benzene rings is 1. The molecular formula is C18H20N4O4. The molecule has 1 aliphatic carbocycles. The van der Waals surface area contributed by atoms with E-state index in [1.54, 1.807) is 24.3 Å². The molecule has 0 aromatic heterocycles. The Morgan fingerprint density at radius 1 is 1.12 bits per heavy atom. The topological polar surface area (TPSA) is 127 Å². The third-order valence-corrected chi connectivity index (χ3v) is 5.69. The molecule has 1 saturated carbocycles. The zero-order chi connectivity index (χ0) is 18.6. The Bertz CT molecular complexity index is 832. The van der Waals surface area contributed by atoms with Gasteiger partial charge in [0.25, 0.3) is 5.91 Å². The van der Waals surface area contributed by atoms with Crippen LogP contribution in [0.2, 0.25) is 0 Å². The maximum absolute atomic E-state index is 13.4. The SMILES string of the molecule is NC(=O)CC(C(N)=O)[C@@H]1C(=O)N2CC3(CC3)CN2C(=O)c2ccccc21. The highest BCUT2D eigenvalue weighted by Gasteiger charge is 2.57. The molecule has 0 radical (unpaired) electrons. The Morgan fingerprint density at radius 2 is 1.77 bits per heavy atom. The summed E-state index contributed by atoms with van der Waals surface area (Å²) in [5, 5.41) is 2.92. The lowest BCUT2D eigenvalue weighted by atomic mass is 9.80. The van der Waals surface area contributed by atoms with Gasteiger partial charge in [-0.15, -0.1) is 0 Å². The number of rotatable bonds is 4. The molecule has 4 N–H and O–H groups in total. The van der Waals surface area contributed by atoms with Crippen molar-refractivity contribution in [1.82, 2.24) is 10.0 Å². The normalized spacial score (nSPS) is 24.1. The minimum atomic E-state index is -1.09. The fourth-order valence-corrected chi connectivity index (χ4v) is 4.11. The molecule has 4 amide bonds. The van der Waals surface area contributed by atoms with Gasteiger partial charge in [0, 0.05) is 17.4 Å². The van der Waals surface area contributed by atoms with E-state index >= 15 is 0 Å². The van der Waals surface area contributed by atoms with Gasteiger partial charge in [-0.3, -0.25) is 24.2 Å². The molecule has 1 aromatic rings. The Kier molecular flexibility index (Phi) is 3.54. The number of carbonyl (C=O) groups is 4. The van der Waals surface area contributed by atoms with Crippen LogP contribution >= 0.6 is 0 Å². The molecule has 2 atom stereocenters. The molecular weight excluding hydrogens is 336 g/mol. The third kappa shape index (κ3) is 2.44.